The molecular weight excluding hydrogens is 247 g/mol. The van der Waals surface area contributed by atoms with Crippen LogP contribution in [0.5, 0.6) is 0 Å². The number of halogens is 1. The van der Waals surface area contributed by atoms with Gasteiger partial charge in [0, 0.05) is 17.5 Å². The van der Waals surface area contributed by atoms with Crippen molar-refractivity contribution >= 4 is 11.3 Å². The number of hydrogen-bond donors (Lipinski definition) is 1. The summed E-state index contributed by atoms with van der Waals surface area (Å²) in [7, 11) is 0. The van der Waals surface area contributed by atoms with Crippen molar-refractivity contribution in [2.45, 2.75) is 33.4 Å². The Morgan fingerprint density at radius 1 is 1.39 bits per heavy atom. The lowest BCUT2D eigenvalue weighted by Gasteiger charge is -2.13. The second-order valence-electron chi connectivity index (χ2n) is 4.41. The average molecular weight is 264 g/mol. The van der Waals surface area contributed by atoms with Crippen LogP contribution in [-0.4, -0.2) is 4.98 Å². The monoisotopic (exact) mass is 264 g/mol. The van der Waals surface area contributed by atoms with Crippen molar-refractivity contribution in [3.63, 3.8) is 0 Å². The molecule has 18 heavy (non-hydrogen) atoms. The fourth-order valence-electron chi connectivity index (χ4n) is 1.75. The highest BCUT2D eigenvalue weighted by molar-refractivity contribution is 7.11. The van der Waals surface area contributed by atoms with Crippen molar-refractivity contribution in [3.05, 3.63) is 51.2 Å². The third-order valence-corrected chi connectivity index (χ3v) is 4.05. The maximum absolute atomic E-state index is 13.1. The molecular formula is C14H17FN2S. The summed E-state index contributed by atoms with van der Waals surface area (Å²) in [5.41, 5.74) is 2.05. The highest BCUT2D eigenvalue weighted by atomic mass is 32.1. The largest absolute Gasteiger partial charge is 0.304 e. The Kier molecular flexibility index (Phi) is 4.09. The van der Waals surface area contributed by atoms with Crippen LogP contribution >= 0.6 is 11.3 Å². The summed E-state index contributed by atoms with van der Waals surface area (Å²) in [6.45, 7) is 6.84. The smallest absolute Gasteiger partial charge is 0.123 e. The number of thiazole rings is 1. The van der Waals surface area contributed by atoms with Crippen molar-refractivity contribution in [2.75, 3.05) is 0 Å². The van der Waals surface area contributed by atoms with Gasteiger partial charge in [0.25, 0.3) is 0 Å². The van der Waals surface area contributed by atoms with E-state index < -0.39 is 0 Å². The standard InChI is InChI=1S/C14H17FN2S/c1-9-11(3)18-14(17-9)8-16-10(2)12-5-4-6-13(15)7-12/h4-7,10,16H,8H2,1-3H3/t10-/m0/s1. The number of aryl methyl sites for hydroxylation is 2. The van der Waals surface area contributed by atoms with Gasteiger partial charge in [0.1, 0.15) is 10.8 Å². The molecule has 0 fully saturated rings. The van der Waals surface area contributed by atoms with E-state index in [0.29, 0.717) is 0 Å². The normalized spacial score (nSPS) is 12.7. The Balaban J connectivity index is 1.98. The van der Waals surface area contributed by atoms with Crippen molar-refractivity contribution in [1.82, 2.24) is 10.3 Å². The second-order valence-corrected chi connectivity index (χ2v) is 5.69. The molecule has 1 atom stereocenters. The van der Waals surface area contributed by atoms with E-state index in [4.69, 9.17) is 0 Å². The Morgan fingerprint density at radius 3 is 2.78 bits per heavy atom. The van der Waals surface area contributed by atoms with Crippen molar-refractivity contribution in [1.29, 1.82) is 0 Å². The number of nitrogens with one attached hydrogen (secondary N) is 1. The van der Waals surface area contributed by atoms with Gasteiger partial charge in [0.15, 0.2) is 0 Å². The van der Waals surface area contributed by atoms with Gasteiger partial charge in [-0.25, -0.2) is 9.37 Å². The van der Waals surface area contributed by atoms with Crippen LogP contribution in [0, 0.1) is 19.7 Å². The van der Waals surface area contributed by atoms with E-state index in [1.165, 1.54) is 10.9 Å². The van der Waals surface area contributed by atoms with Gasteiger partial charge < -0.3 is 5.32 Å². The zero-order valence-electron chi connectivity index (χ0n) is 10.8. The summed E-state index contributed by atoms with van der Waals surface area (Å²) >= 11 is 1.71. The maximum Gasteiger partial charge on any atom is 0.123 e. The first kappa shape index (κ1) is 13.2. The van der Waals surface area contributed by atoms with E-state index >= 15 is 0 Å². The predicted octanol–water partition coefficient (Wildman–Crippen LogP) is 3.75. The van der Waals surface area contributed by atoms with Gasteiger partial charge in [-0.2, -0.15) is 0 Å². The van der Waals surface area contributed by atoms with Crippen LogP contribution in [-0.2, 0) is 6.54 Å². The highest BCUT2D eigenvalue weighted by Crippen LogP contribution is 2.18. The molecule has 0 saturated carbocycles. The van der Waals surface area contributed by atoms with Crippen LogP contribution < -0.4 is 5.32 Å². The number of hydrogen-bond acceptors (Lipinski definition) is 3. The molecule has 2 nitrogen and oxygen atoms in total. The van der Waals surface area contributed by atoms with Gasteiger partial charge in [-0.3, -0.25) is 0 Å². The van der Waals surface area contributed by atoms with Crippen LogP contribution in [0.15, 0.2) is 24.3 Å². The third kappa shape index (κ3) is 3.15. The molecule has 0 aliphatic rings. The minimum atomic E-state index is -0.193. The molecule has 0 unspecified atom stereocenters. The number of aromatic nitrogens is 1. The summed E-state index contributed by atoms with van der Waals surface area (Å²) in [5.74, 6) is -0.193. The molecule has 1 aromatic heterocycles. The Hall–Kier alpha value is -1.26. The summed E-state index contributed by atoms with van der Waals surface area (Å²) in [6, 6.07) is 6.81. The summed E-state index contributed by atoms with van der Waals surface area (Å²) in [5, 5.41) is 4.44. The Labute approximate surface area is 111 Å². The van der Waals surface area contributed by atoms with Gasteiger partial charge in [-0.05, 0) is 38.5 Å². The van der Waals surface area contributed by atoms with Crippen molar-refractivity contribution < 1.29 is 4.39 Å². The molecule has 1 aromatic carbocycles. The lowest BCUT2D eigenvalue weighted by molar-refractivity contribution is 0.563. The van der Waals surface area contributed by atoms with Crippen LogP contribution in [0.3, 0.4) is 0 Å². The summed E-state index contributed by atoms with van der Waals surface area (Å²) in [4.78, 5) is 5.73. The van der Waals surface area contributed by atoms with Crippen LogP contribution in [0.1, 0.15) is 34.1 Å². The number of rotatable bonds is 4. The van der Waals surface area contributed by atoms with E-state index in [2.05, 4.69) is 17.2 Å². The molecule has 4 heteroatoms. The molecule has 0 aliphatic carbocycles. The lowest BCUT2D eigenvalue weighted by atomic mass is 10.1. The topological polar surface area (TPSA) is 24.9 Å². The van der Waals surface area contributed by atoms with Crippen LogP contribution in [0.4, 0.5) is 4.39 Å². The summed E-state index contributed by atoms with van der Waals surface area (Å²) in [6.07, 6.45) is 0. The Morgan fingerprint density at radius 2 is 2.17 bits per heavy atom. The highest BCUT2D eigenvalue weighted by Gasteiger charge is 2.08. The van der Waals surface area contributed by atoms with Crippen LogP contribution in [0.25, 0.3) is 0 Å². The van der Waals surface area contributed by atoms with E-state index in [1.807, 2.05) is 19.9 Å². The number of benzene rings is 1. The van der Waals surface area contributed by atoms with Crippen molar-refractivity contribution in [3.8, 4) is 0 Å². The SMILES string of the molecule is Cc1nc(CN[C@@H](C)c2cccc(F)c2)sc1C. The molecule has 2 aromatic rings. The third-order valence-electron chi connectivity index (χ3n) is 2.98. The Bertz CT molecular complexity index is 517. The molecule has 0 spiro atoms. The summed E-state index contributed by atoms with van der Waals surface area (Å²) < 4.78 is 13.1. The zero-order valence-corrected chi connectivity index (χ0v) is 11.6. The van der Waals surface area contributed by atoms with Gasteiger partial charge >= 0.3 is 0 Å². The first-order valence-corrected chi connectivity index (χ1v) is 6.79. The van der Waals surface area contributed by atoms with E-state index in [0.717, 1.165) is 22.8 Å². The van der Waals surface area contributed by atoms with Gasteiger partial charge in [0.2, 0.25) is 0 Å². The minimum absolute atomic E-state index is 0.116. The van der Waals surface area contributed by atoms with E-state index in [1.54, 1.807) is 23.5 Å². The first-order valence-electron chi connectivity index (χ1n) is 5.98. The molecule has 0 bridgehead atoms. The average Bonchev–Trinajstić information content (AvgIpc) is 2.66. The molecule has 0 amide bonds. The zero-order chi connectivity index (χ0) is 13.1. The number of nitrogens with zero attached hydrogens (tertiary/aromatic N) is 1. The fraction of sp³-hybridized carbons (Fsp3) is 0.357. The second kappa shape index (κ2) is 5.59. The molecule has 96 valence electrons. The molecule has 0 aliphatic heterocycles. The van der Waals surface area contributed by atoms with Crippen molar-refractivity contribution in [2.24, 2.45) is 0 Å². The molecule has 0 saturated heterocycles. The first-order chi connectivity index (χ1) is 8.56. The predicted molar refractivity (Wildman–Crippen MR) is 73.2 cm³/mol. The van der Waals surface area contributed by atoms with Gasteiger partial charge in [-0.15, -0.1) is 11.3 Å². The van der Waals surface area contributed by atoms with E-state index in [-0.39, 0.29) is 11.9 Å². The van der Waals surface area contributed by atoms with E-state index in [9.17, 15) is 4.39 Å². The molecule has 0 radical (unpaired) electrons. The minimum Gasteiger partial charge on any atom is -0.304 e. The molecule has 2 rings (SSSR count). The fourth-order valence-corrected chi connectivity index (χ4v) is 2.63. The lowest BCUT2D eigenvalue weighted by Crippen LogP contribution is -2.18. The van der Waals surface area contributed by atoms with Crippen LogP contribution in [0.2, 0.25) is 0 Å². The van der Waals surface area contributed by atoms with Gasteiger partial charge in [0.05, 0.1) is 5.69 Å². The maximum atomic E-state index is 13.1. The molecule has 1 heterocycles. The quantitative estimate of drug-likeness (QED) is 0.909. The molecule has 1 N–H and O–H groups in total. The van der Waals surface area contributed by atoms with Gasteiger partial charge in [-0.1, -0.05) is 12.1 Å².